The summed E-state index contributed by atoms with van der Waals surface area (Å²) in [5, 5.41) is 9.29. The normalized spacial score (nSPS) is 16.8. The van der Waals surface area contributed by atoms with E-state index < -0.39 is 0 Å². The second-order valence-corrected chi connectivity index (χ2v) is 10.6. The molecule has 4 rings (SSSR count). The monoisotopic (exact) mass is 452 g/mol. The van der Waals surface area contributed by atoms with Crippen LogP contribution in [0.3, 0.4) is 0 Å². The van der Waals surface area contributed by atoms with E-state index in [1.807, 2.05) is 17.5 Å². The molecule has 0 radical (unpaired) electrons. The number of nitrogens with zero attached hydrogens (tertiary/aromatic N) is 3. The van der Waals surface area contributed by atoms with E-state index in [2.05, 4.69) is 72.3 Å². The van der Waals surface area contributed by atoms with E-state index >= 15 is 0 Å². The van der Waals surface area contributed by atoms with Crippen LogP contribution in [0, 0.1) is 5.92 Å². The van der Waals surface area contributed by atoms with E-state index in [-0.39, 0.29) is 23.3 Å². The van der Waals surface area contributed by atoms with Crippen LogP contribution in [0.5, 0.6) is 0 Å². The van der Waals surface area contributed by atoms with Crippen molar-refractivity contribution in [3.05, 3.63) is 58.8 Å². The third-order valence-electron chi connectivity index (χ3n) is 6.16. The van der Waals surface area contributed by atoms with Crippen LogP contribution in [0.1, 0.15) is 63.6 Å². The zero-order chi connectivity index (χ0) is 22.7. The molecular weight excluding hydrogens is 420 g/mol. The first-order chi connectivity index (χ1) is 15.3. The Morgan fingerprint density at radius 3 is 2.56 bits per heavy atom. The molecule has 0 aliphatic carbocycles. The Balaban J connectivity index is 1.25. The topological polar surface area (TPSA) is 71.3 Å². The Morgan fingerprint density at radius 2 is 1.94 bits per heavy atom. The van der Waals surface area contributed by atoms with Gasteiger partial charge in [-0.25, -0.2) is 0 Å². The number of hydrogen-bond acceptors (Lipinski definition) is 6. The average molecular weight is 453 g/mol. The van der Waals surface area contributed by atoms with Crippen molar-refractivity contribution in [3.8, 4) is 10.7 Å². The Morgan fingerprint density at radius 1 is 1.22 bits per heavy atom. The molecule has 1 amide bonds. The molecule has 32 heavy (non-hydrogen) atoms. The van der Waals surface area contributed by atoms with Crippen molar-refractivity contribution >= 4 is 17.2 Å². The second-order valence-electron chi connectivity index (χ2n) is 9.64. The Bertz CT molecular complexity index is 1010. The van der Waals surface area contributed by atoms with E-state index in [1.165, 1.54) is 5.56 Å². The number of likely N-dealkylation sites (tertiary alicyclic amines) is 1. The molecule has 1 aliphatic heterocycles. The lowest BCUT2D eigenvalue weighted by atomic mass is 9.86. The summed E-state index contributed by atoms with van der Waals surface area (Å²) in [6, 6.07) is 12.6. The van der Waals surface area contributed by atoms with Gasteiger partial charge in [0.25, 0.3) is 0 Å². The molecule has 1 N–H and O–H groups in total. The van der Waals surface area contributed by atoms with Gasteiger partial charge in [-0.05, 0) is 60.8 Å². The van der Waals surface area contributed by atoms with E-state index in [1.54, 1.807) is 11.3 Å². The first kappa shape index (κ1) is 22.7. The summed E-state index contributed by atoms with van der Waals surface area (Å²) >= 11 is 1.60. The lowest BCUT2D eigenvalue weighted by Gasteiger charge is -2.31. The zero-order valence-corrected chi connectivity index (χ0v) is 20.1. The number of nitrogens with one attached hydrogen (secondary N) is 1. The molecule has 1 unspecified atom stereocenters. The SMILES string of the molecule is CC(NC(=O)C1CCN(Cc2nc(-c3cccs3)no2)CC1)c1ccc(C(C)(C)C)cc1. The molecule has 3 aromatic rings. The van der Waals surface area contributed by atoms with Gasteiger partial charge in [0, 0.05) is 5.92 Å². The number of piperidine rings is 1. The van der Waals surface area contributed by atoms with Gasteiger partial charge >= 0.3 is 0 Å². The molecule has 1 aromatic carbocycles. The molecule has 1 fully saturated rings. The summed E-state index contributed by atoms with van der Waals surface area (Å²) < 4.78 is 5.42. The Kier molecular flexibility index (Phi) is 6.76. The molecule has 1 saturated heterocycles. The lowest BCUT2D eigenvalue weighted by molar-refractivity contribution is -0.127. The third-order valence-corrected chi connectivity index (χ3v) is 7.03. The van der Waals surface area contributed by atoms with Crippen molar-refractivity contribution < 1.29 is 9.32 Å². The minimum atomic E-state index is 0.00335. The third kappa shape index (κ3) is 5.45. The van der Waals surface area contributed by atoms with Crippen LogP contribution in [0.25, 0.3) is 10.7 Å². The van der Waals surface area contributed by atoms with Crippen LogP contribution in [-0.4, -0.2) is 34.0 Å². The fourth-order valence-electron chi connectivity index (χ4n) is 4.06. The fraction of sp³-hybridized carbons (Fsp3) is 0.480. The summed E-state index contributed by atoms with van der Waals surface area (Å²) in [7, 11) is 0. The number of carbonyl (C=O) groups excluding carboxylic acids is 1. The maximum Gasteiger partial charge on any atom is 0.241 e. The van der Waals surface area contributed by atoms with Crippen molar-refractivity contribution in [2.24, 2.45) is 5.92 Å². The Hall–Kier alpha value is -2.51. The Labute approximate surface area is 194 Å². The highest BCUT2D eigenvalue weighted by Crippen LogP contribution is 2.26. The highest BCUT2D eigenvalue weighted by atomic mass is 32.1. The van der Waals surface area contributed by atoms with E-state index in [0.717, 1.165) is 36.4 Å². The lowest BCUT2D eigenvalue weighted by Crippen LogP contribution is -2.40. The predicted octanol–water partition coefficient (Wildman–Crippen LogP) is 5.19. The number of carbonyl (C=O) groups is 1. The molecular formula is C25H32N4O2S. The first-order valence-electron chi connectivity index (χ1n) is 11.3. The van der Waals surface area contributed by atoms with Crippen LogP contribution in [0.4, 0.5) is 0 Å². The van der Waals surface area contributed by atoms with Crippen molar-refractivity contribution in [3.63, 3.8) is 0 Å². The maximum absolute atomic E-state index is 12.8. The number of rotatable bonds is 6. The minimum Gasteiger partial charge on any atom is -0.349 e. The quantitative estimate of drug-likeness (QED) is 0.558. The summed E-state index contributed by atoms with van der Waals surface area (Å²) in [5.74, 6) is 1.47. The van der Waals surface area contributed by atoms with Gasteiger partial charge < -0.3 is 9.84 Å². The van der Waals surface area contributed by atoms with Gasteiger partial charge in [0.15, 0.2) is 0 Å². The van der Waals surface area contributed by atoms with Crippen LogP contribution < -0.4 is 5.32 Å². The molecule has 1 atom stereocenters. The van der Waals surface area contributed by atoms with Crippen molar-refractivity contribution in [1.29, 1.82) is 0 Å². The van der Waals surface area contributed by atoms with E-state index in [0.29, 0.717) is 18.3 Å². The van der Waals surface area contributed by atoms with Gasteiger partial charge in [0.05, 0.1) is 17.5 Å². The smallest absolute Gasteiger partial charge is 0.241 e. The van der Waals surface area contributed by atoms with Crippen molar-refractivity contribution in [2.75, 3.05) is 13.1 Å². The molecule has 0 spiro atoms. The molecule has 7 heteroatoms. The summed E-state index contributed by atoms with van der Waals surface area (Å²) in [6.07, 6.45) is 1.68. The second kappa shape index (κ2) is 9.55. The van der Waals surface area contributed by atoms with Gasteiger partial charge in [-0.1, -0.05) is 56.3 Å². The number of aromatic nitrogens is 2. The van der Waals surface area contributed by atoms with Crippen molar-refractivity contribution in [1.82, 2.24) is 20.4 Å². The molecule has 1 aliphatic rings. The molecule has 170 valence electrons. The molecule has 0 saturated carbocycles. The van der Waals surface area contributed by atoms with Crippen LogP contribution >= 0.6 is 11.3 Å². The highest BCUT2D eigenvalue weighted by molar-refractivity contribution is 7.13. The number of thiophene rings is 1. The first-order valence-corrected chi connectivity index (χ1v) is 12.2. The molecule has 6 nitrogen and oxygen atoms in total. The predicted molar refractivity (Wildman–Crippen MR) is 127 cm³/mol. The number of hydrogen-bond donors (Lipinski definition) is 1. The average Bonchev–Trinajstić information content (AvgIpc) is 3.46. The highest BCUT2D eigenvalue weighted by Gasteiger charge is 2.27. The number of benzene rings is 1. The summed E-state index contributed by atoms with van der Waals surface area (Å²) in [6.45, 7) is 11.0. The van der Waals surface area contributed by atoms with Crippen LogP contribution in [0.15, 0.2) is 46.3 Å². The van der Waals surface area contributed by atoms with Gasteiger partial charge in [-0.2, -0.15) is 4.98 Å². The zero-order valence-electron chi connectivity index (χ0n) is 19.3. The van der Waals surface area contributed by atoms with Crippen LogP contribution in [0.2, 0.25) is 0 Å². The standard InChI is InChI=1S/C25H32N4O2S/c1-17(18-7-9-20(10-8-18)25(2,3)4)26-24(30)19-11-13-29(14-12-19)16-22-27-23(28-31-22)21-6-5-15-32-21/h5-10,15,17,19H,11-14,16H2,1-4H3,(H,26,30). The molecule has 2 aromatic heterocycles. The van der Waals surface area contributed by atoms with Gasteiger partial charge in [-0.3, -0.25) is 9.69 Å². The molecule has 0 bridgehead atoms. The summed E-state index contributed by atoms with van der Waals surface area (Å²) in [4.78, 5) is 20.6. The van der Waals surface area contributed by atoms with Crippen LogP contribution in [-0.2, 0) is 16.8 Å². The fourth-order valence-corrected chi connectivity index (χ4v) is 4.71. The largest absolute Gasteiger partial charge is 0.349 e. The van der Waals surface area contributed by atoms with E-state index in [9.17, 15) is 4.79 Å². The van der Waals surface area contributed by atoms with Gasteiger partial charge in [0.2, 0.25) is 17.6 Å². The maximum atomic E-state index is 12.8. The van der Waals surface area contributed by atoms with Gasteiger partial charge in [0.1, 0.15) is 0 Å². The molecule has 3 heterocycles. The van der Waals surface area contributed by atoms with E-state index in [4.69, 9.17) is 4.52 Å². The number of amides is 1. The summed E-state index contributed by atoms with van der Waals surface area (Å²) in [5.41, 5.74) is 2.57. The van der Waals surface area contributed by atoms with Crippen molar-refractivity contribution in [2.45, 2.75) is 58.5 Å². The van der Waals surface area contributed by atoms with Gasteiger partial charge in [-0.15, -0.1) is 11.3 Å². The minimum absolute atomic E-state index is 0.00335.